The lowest BCUT2D eigenvalue weighted by molar-refractivity contribution is -0.207. The summed E-state index contributed by atoms with van der Waals surface area (Å²) < 4.78 is 12.2. The van der Waals surface area contributed by atoms with Gasteiger partial charge in [-0.3, -0.25) is 0 Å². The third-order valence-corrected chi connectivity index (χ3v) is 6.62. The van der Waals surface area contributed by atoms with Gasteiger partial charge in [-0.2, -0.15) is 5.26 Å². The Morgan fingerprint density at radius 2 is 2.09 bits per heavy atom. The number of nitriles is 1. The first-order valence-electron chi connectivity index (χ1n) is 8.80. The molecule has 120 valence electrons. The van der Waals surface area contributed by atoms with Crippen LogP contribution in [0.4, 0.5) is 0 Å². The molecule has 1 spiro atoms. The van der Waals surface area contributed by atoms with Crippen molar-refractivity contribution in [2.24, 2.45) is 5.92 Å². The molecule has 2 saturated heterocycles. The van der Waals surface area contributed by atoms with Crippen molar-refractivity contribution in [3.8, 4) is 6.07 Å². The van der Waals surface area contributed by atoms with Gasteiger partial charge in [-0.1, -0.05) is 6.07 Å². The van der Waals surface area contributed by atoms with E-state index in [0.717, 1.165) is 44.2 Å². The molecule has 1 N–H and O–H groups in total. The molecule has 0 aromatic heterocycles. The molecule has 2 heterocycles. The maximum Gasteiger partial charge on any atom is 0.169 e. The Morgan fingerprint density at radius 1 is 1.22 bits per heavy atom. The highest BCUT2D eigenvalue weighted by atomic mass is 16.7. The molecule has 2 bridgehead atoms. The van der Waals surface area contributed by atoms with E-state index in [1.165, 1.54) is 11.1 Å². The molecule has 0 radical (unpaired) electrons. The molecule has 2 aliphatic heterocycles. The number of hydrogen-bond donors (Lipinski definition) is 1. The quantitative estimate of drug-likeness (QED) is 0.798. The summed E-state index contributed by atoms with van der Waals surface area (Å²) in [6.07, 6.45) is 5.30. The zero-order valence-electron chi connectivity index (χ0n) is 13.3. The van der Waals surface area contributed by atoms with E-state index >= 15 is 0 Å². The number of hydrogen-bond acceptors (Lipinski definition) is 4. The zero-order chi connectivity index (χ0) is 15.5. The highest BCUT2D eigenvalue weighted by Gasteiger charge is 2.59. The van der Waals surface area contributed by atoms with Gasteiger partial charge >= 0.3 is 0 Å². The smallest absolute Gasteiger partial charge is 0.169 e. The number of nitrogens with one attached hydrogen (secondary N) is 1. The molecule has 1 aromatic rings. The molecular formula is C19H22N2O2. The van der Waals surface area contributed by atoms with Crippen LogP contribution in [0.15, 0.2) is 18.2 Å². The zero-order valence-corrected chi connectivity index (χ0v) is 13.3. The fourth-order valence-electron chi connectivity index (χ4n) is 5.75. The Balaban J connectivity index is 1.67. The minimum absolute atomic E-state index is 0.110. The minimum Gasteiger partial charge on any atom is -0.348 e. The number of fused-ring (bicyclic) bond motifs is 1. The van der Waals surface area contributed by atoms with Crippen LogP contribution in [0.3, 0.4) is 0 Å². The van der Waals surface area contributed by atoms with Crippen LogP contribution in [0.1, 0.15) is 42.4 Å². The fourth-order valence-corrected chi connectivity index (χ4v) is 5.75. The van der Waals surface area contributed by atoms with Crippen LogP contribution < -0.4 is 5.32 Å². The van der Waals surface area contributed by atoms with Gasteiger partial charge in [0.1, 0.15) is 0 Å². The van der Waals surface area contributed by atoms with Crippen molar-refractivity contribution >= 4 is 0 Å². The van der Waals surface area contributed by atoms with Crippen LogP contribution in [0.25, 0.3) is 0 Å². The number of benzene rings is 1. The van der Waals surface area contributed by atoms with Crippen LogP contribution in [0.2, 0.25) is 0 Å². The molecule has 5 rings (SSSR count). The normalized spacial score (nSPS) is 37.0. The molecule has 2 aliphatic carbocycles. The molecule has 1 aromatic carbocycles. The number of piperidine rings is 1. The van der Waals surface area contributed by atoms with Crippen molar-refractivity contribution in [1.82, 2.24) is 5.32 Å². The lowest BCUT2D eigenvalue weighted by Gasteiger charge is -2.58. The molecule has 3 unspecified atom stereocenters. The van der Waals surface area contributed by atoms with Gasteiger partial charge in [0.15, 0.2) is 5.79 Å². The lowest BCUT2D eigenvalue weighted by atomic mass is 9.51. The monoisotopic (exact) mass is 310 g/mol. The topological polar surface area (TPSA) is 54.3 Å². The van der Waals surface area contributed by atoms with Crippen LogP contribution in [-0.2, 0) is 21.3 Å². The van der Waals surface area contributed by atoms with Crippen molar-refractivity contribution in [3.63, 3.8) is 0 Å². The molecule has 1 saturated carbocycles. The highest BCUT2D eigenvalue weighted by molar-refractivity contribution is 5.47. The predicted octanol–water partition coefficient (Wildman–Crippen LogP) is 2.26. The standard InChI is InChI=1S/C19H22N2O2/c20-11-13-1-2-14-10-17-15-3-4-19(22-7-8-23-19)12-18(15,5-6-21-17)16(14)9-13/h1-2,9,15,17,21H,3-8,10,12H2. The van der Waals surface area contributed by atoms with Gasteiger partial charge in [0, 0.05) is 24.3 Å². The van der Waals surface area contributed by atoms with Crippen LogP contribution >= 0.6 is 0 Å². The molecule has 4 aliphatic rings. The van der Waals surface area contributed by atoms with E-state index in [4.69, 9.17) is 9.47 Å². The van der Waals surface area contributed by atoms with Crippen molar-refractivity contribution in [3.05, 3.63) is 34.9 Å². The molecule has 0 amide bonds. The molecule has 3 fully saturated rings. The first-order chi connectivity index (χ1) is 11.2. The van der Waals surface area contributed by atoms with E-state index in [0.29, 0.717) is 25.2 Å². The van der Waals surface area contributed by atoms with Crippen molar-refractivity contribution in [1.29, 1.82) is 5.26 Å². The van der Waals surface area contributed by atoms with E-state index in [-0.39, 0.29) is 11.2 Å². The minimum atomic E-state index is -0.379. The second-order valence-electron chi connectivity index (χ2n) is 7.58. The Morgan fingerprint density at radius 3 is 2.91 bits per heavy atom. The Labute approximate surface area is 136 Å². The lowest BCUT2D eigenvalue weighted by Crippen LogP contribution is -2.63. The highest BCUT2D eigenvalue weighted by Crippen LogP contribution is 2.57. The van der Waals surface area contributed by atoms with E-state index < -0.39 is 0 Å². The molecule has 3 atom stereocenters. The van der Waals surface area contributed by atoms with Gasteiger partial charge in [-0.25, -0.2) is 0 Å². The second-order valence-corrected chi connectivity index (χ2v) is 7.58. The third kappa shape index (κ3) is 1.88. The maximum atomic E-state index is 9.35. The fraction of sp³-hybridized carbons (Fsp3) is 0.632. The van der Waals surface area contributed by atoms with Crippen LogP contribution in [0, 0.1) is 17.2 Å². The van der Waals surface area contributed by atoms with Crippen molar-refractivity contribution in [2.75, 3.05) is 19.8 Å². The van der Waals surface area contributed by atoms with Gasteiger partial charge in [0.05, 0.1) is 24.8 Å². The Hall–Kier alpha value is -1.41. The summed E-state index contributed by atoms with van der Waals surface area (Å²) in [7, 11) is 0. The Bertz CT molecular complexity index is 689. The second kappa shape index (κ2) is 4.80. The Kier molecular flexibility index (Phi) is 2.91. The SMILES string of the molecule is N#Cc1ccc2c(c1)C13CCNC(C2)C1CCC1(C3)OCCO1. The molecular weight excluding hydrogens is 288 g/mol. The van der Waals surface area contributed by atoms with Gasteiger partial charge < -0.3 is 14.8 Å². The van der Waals surface area contributed by atoms with E-state index in [9.17, 15) is 5.26 Å². The maximum absolute atomic E-state index is 9.35. The molecule has 4 heteroatoms. The van der Waals surface area contributed by atoms with Crippen LogP contribution in [0.5, 0.6) is 0 Å². The summed E-state index contributed by atoms with van der Waals surface area (Å²) in [5.74, 6) is 0.256. The first-order valence-corrected chi connectivity index (χ1v) is 8.80. The molecule has 4 nitrogen and oxygen atoms in total. The van der Waals surface area contributed by atoms with Gasteiger partial charge in [0.2, 0.25) is 0 Å². The van der Waals surface area contributed by atoms with E-state index in [1.54, 1.807) is 0 Å². The van der Waals surface area contributed by atoms with Gasteiger partial charge in [-0.15, -0.1) is 0 Å². The number of ether oxygens (including phenoxy) is 2. The average molecular weight is 310 g/mol. The van der Waals surface area contributed by atoms with Gasteiger partial charge in [-0.05, 0) is 55.0 Å². The summed E-state index contributed by atoms with van der Waals surface area (Å²) in [6.45, 7) is 2.48. The van der Waals surface area contributed by atoms with Crippen molar-refractivity contribution in [2.45, 2.75) is 49.3 Å². The summed E-state index contributed by atoms with van der Waals surface area (Å²) in [5.41, 5.74) is 3.70. The van der Waals surface area contributed by atoms with Gasteiger partial charge in [0.25, 0.3) is 0 Å². The van der Waals surface area contributed by atoms with Crippen molar-refractivity contribution < 1.29 is 9.47 Å². The summed E-state index contributed by atoms with van der Waals surface area (Å²) in [6, 6.07) is 9.17. The van der Waals surface area contributed by atoms with Crippen LogP contribution in [-0.4, -0.2) is 31.6 Å². The average Bonchev–Trinajstić information content (AvgIpc) is 3.01. The molecule has 23 heavy (non-hydrogen) atoms. The summed E-state index contributed by atoms with van der Waals surface area (Å²) in [5, 5.41) is 13.1. The van der Waals surface area contributed by atoms with E-state index in [1.807, 2.05) is 6.07 Å². The number of nitrogens with zero attached hydrogens (tertiary/aromatic N) is 1. The summed E-state index contributed by atoms with van der Waals surface area (Å²) in [4.78, 5) is 0. The first kappa shape index (κ1) is 14.0. The largest absolute Gasteiger partial charge is 0.348 e. The summed E-state index contributed by atoms with van der Waals surface area (Å²) >= 11 is 0. The predicted molar refractivity (Wildman–Crippen MR) is 84.9 cm³/mol. The number of rotatable bonds is 0. The van der Waals surface area contributed by atoms with E-state index in [2.05, 4.69) is 23.5 Å². The third-order valence-electron chi connectivity index (χ3n) is 6.62.